The highest BCUT2D eigenvalue weighted by atomic mass is 32.2. The third-order valence-corrected chi connectivity index (χ3v) is 4.30. The van der Waals surface area contributed by atoms with Gasteiger partial charge in [-0.3, -0.25) is 0 Å². The van der Waals surface area contributed by atoms with E-state index in [0.717, 1.165) is 19.6 Å². The normalized spacial score (nSPS) is 21.1. The van der Waals surface area contributed by atoms with Gasteiger partial charge in [0, 0.05) is 17.5 Å². The molecule has 2 unspecified atom stereocenters. The number of rotatable bonds is 6. The Morgan fingerprint density at radius 1 is 1.39 bits per heavy atom. The molecule has 1 heterocycles. The molecule has 3 heteroatoms. The van der Waals surface area contributed by atoms with E-state index < -0.39 is 0 Å². The van der Waals surface area contributed by atoms with Gasteiger partial charge in [-0.1, -0.05) is 12.1 Å². The maximum atomic E-state index is 5.63. The van der Waals surface area contributed by atoms with Crippen LogP contribution in [-0.2, 0) is 4.74 Å². The van der Waals surface area contributed by atoms with Crippen LogP contribution >= 0.6 is 11.8 Å². The Kier molecular flexibility index (Phi) is 5.54. The number of ether oxygens (including phenoxy) is 1. The molecule has 1 fully saturated rings. The van der Waals surface area contributed by atoms with E-state index in [1.807, 2.05) is 0 Å². The summed E-state index contributed by atoms with van der Waals surface area (Å²) < 4.78 is 5.63. The molecular formula is C15H23NOS. The lowest BCUT2D eigenvalue weighted by molar-refractivity contribution is 0.103. The van der Waals surface area contributed by atoms with Crippen LogP contribution in [0.3, 0.4) is 0 Å². The molecule has 2 nitrogen and oxygen atoms in total. The van der Waals surface area contributed by atoms with Gasteiger partial charge in [0.15, 0.2) is 0 Å². The van der Waals surface area contributed by atoms with Gasteiger partial charge < -0.3 is 10.1 Å². The van der Waals surface area contributed by atoms with Gasteiger partial charge in [-0.2, -0.15) is 0 Å². The Bertz CT molecular complexity index is 346. The summed E-state index contributed by atoms with van der Waals surface area (Å²) in [4.78, 5) is 1.32. The molecule has 0 bridgehead atoms. The van der Waals surface area contributed by atoms with E-state index in [4.69, 9.17) is 4.74 Å². The molecule has 0 saturated carbocycles. The van der Waals surface area contributed by atoms with Gasteiger partial charge in [-0.15, -0.1) is 11.8 Å². The standard InChI is InChI=1S/C15H23NOS/c1-12(13-5-7-15(18-2)8-6-13)16-10-9-14-4-3-11-17-14/h5-8,12,14,16H,3-4,9-11H2,1-2H3. The van der Waals surface area contributed by atoms with Crippen LogP contribution in [0, 0.1) is 0 Å². The lowest BCUT2D eigenvalue weighted by atomic mass is 10.1. The van der Waals surface area contributed by atoms with Gasteiger partial charge in [-0.05, 0) is 56.7 Å². The third-order valence-electron chi connectivity index (χ3n) is 3.56. The van der Waals surface area contributed by atoms with Crippen LogP contribution < -0.4 is 5.32 Å². The molecule has 1 aliphatic heterocycles. The van der Waals surface area contributed by atoms with Crippen molar-refractivity contribution in [2.24, 2.45) is 0 Å². The van der Waals surface area contributed by atoms with Gasteiger partial charge >= 0.3 is 0 Å². The summed E-state index contributed by atoms with van der Waals surface area (Å²) >= 11 is 1.79. The van der Waals surface area contributed by atoms with E-state index in [1.165, 1.54) is 23.3 Å². The summed E-state index contributed by atoms with van der Waals surface area (Å²) in [7, 11) is 0. The predicted molar refractivity (Wildman–Crippen MR) is 78.2 cm³/mol. The number of hydrogen-bond acceptors (Lipinski definition) is 3. The summed E-state index contributed by atoms with van der Waals surface area (Å²) in [6.45, 7) is 4.22. The second kappa shape index (κ2) is 7.17. The second-order valence-electron chi connectivity index (χ2n) is 4.87. The molecule has 1 N–H and O–H groups in total. The van der Waals surface area contributed by atoms with Crippen LogP contribution in [0.15, 0.2) is 29.2 Å². The molecule has 18 heavy (non-hydrogen) atoms. The van der Waals surface area contributed by atoms with Gasteiger partial charge in [0.05, 0.1) is 6.10 Å². The number of thioether (sulfide) groups is 1. The molecule has 0 aliphatic carbocycles. The van der Waals surface area contributed by atoms with Crippen LogP contribution in [0.4, 0.5) is 0 Å². The first kappa shape index (κ1) is 13.9. The molecule has 1 aromatic carbocycles. The Hall–Kier alpha value is -0.510. The van der Waals surface area contributed by atoms with Crippen LogP contribution in [0.1, 0.15) is 37.8 Å². The zero-order valence-corrected chi connectivity index (χ0v) is 12.1. The van der Waals surface area contributed by atoms with Gasteiger partial charge in [0.2, 0.25) is 0 Å². The smallest absolute Gasteiger partial charge is 0.0588 e. The van der Waals surface area contributed by atoms with Crippen LogP contribution in [0.2, 0.25) is 0 Å². The highest BCUT2D eigenvalue weighted by Crippen LogP contribution is 2.19. The van der Waals surface area contributed by atoms with Crippen molar-refractivity contribution in [1.82, 2.24) is 5.32 Å². The molecular weight excluding hydrogens is 242 g/mol. The maximum Gasteiger partial charge on any atom is 0.0588 e. The van der Waals surface area contributed by atoms with Crippen molar-refractivity contribution in [3.63, 3.8) is 0 Å². The predicted octanol–water partition coefficient (Wildman–Crippen LogP) is 3.63. The monoisotopic (exact) mass is 265 g/mol. The van der Waals surface area contributed by atoms with Crippen LogP contribution in [0.5, 0.6) is 0 Å². The van der Waals surface area contributed by atoms with Crippen LogP contribution in [-0.4, -0.2) is 25.5 Å². The Morgan fingerprint density at radius 3 is 2.78 bits per heavy atom. The first-order valence-corrected chi connectivity index (χ1v) is 8.01. The molecule has 0 spiro atoms. The summed E-state index contributed by atoms with van der Waals surface area (Å²) in [5.41, 5.74) is 1.36. The lowest BCUT2D eigenvalue weighted by Gasteiger charge is -2.16. The van der Waals surface area contributed by atoms with E-state index in [0.29, 0.717) is 12.1 Å². The molecule has 0 radical (unpaired) electrons. The molecule has 0 amide bonds. The van der Waals surface area contributed by atoms with Crippen molar-refractivity contribution in [3.8, 4) is 0 Å². The quantitative estimate of drug-likeness (QED) is 0.794. The molecule has 1 saturated heterocycles. The minimum absolute atomic E-state index is 0.419. The first-order chi connectivity index (χ1) is 8.79. The number of hydrogen-bond donors (Lipinski definition) is 1. The van der Waals surface area contributed by atoms with E-state index in [2.05, 4.69) is 42.8 Å². The zero-order valence-electron chi connectivity index (χ0n) is 11.3. The fourth-order valence-electron chi connectivity index (χ4n) is 2.34. The molecule has 1 aromatic rings. The number of nitrogens with one attached hydrogen (secondary N) is 1. The van der Waals surface area contributed by atoms with Gasteiger partial charge in [0.1, 0.15) is 0 Å². The lowest BCUT2D eigenvalue weighted by Crippen LogP contribution is -2.23. The minimum Gasteiger partial charge on any atom is -0.378 e. The van der Waals surface area contributed by atoms with Crippen molar-refractivity contribution in [3.05, 3.63) is 29.8 Å². The summed E-state index contributed by atoms with van der Waals surface area (Å²) in [6, 6.07) is 9.24. The second-order valence-corrected chi connectivity index (χ2v) is 5.75. The molecule has 0 aromatic heterocycles. The third kappa shape index (κ3) is 4.01. The van der Waals surface area contributed by atoms with Crippen molar-refractivity contribution in [1.29, 1.82) is 0 Å². The van der Waals surface area contributed by atoms with Gasteiger partial charge in [0.25, 0.3) is 0 Å². The minimum atomic E-state index is 0.419. The molecule has 2 atom stereocenters. The fourth-order valence-corrected chi connectivity index (χ4v) is 2.75. The average Bonchev–Trinajstić information content (AvgIpc) is 2.92. The van der Waals surface area contributed by atoms with E-state index in [9.17, 15) is 0 Å². The average molecular weight is 265 g/mol. The molecule has 100 valence electrons. The van der Waals surface area contributed by atoms with Crippen molar-refractivity contribution >= 4 is 11.8 Å². The first-order valence-electron chi connectivity index (χ1n) is 6.78. The van der Waals surface area contributed by atoms with Crippen LogP contribution in [0.25, 0.3) is 0 Å². The van der Waals surface area contributed by atoms with Gasteiger partial charge in [-0.25, -0.2) is 0 Å². The SMILES string of the molecule is CSc1ccc(C(C)NCCC2CCCO2)cc1. The van der Waals surface area contributed by atoms with E-state index >= 15 is 0 Å². The largest absolute Gasteiger partial charge is 0.378 e. The summed E-state index contributed by atoms with van der Waals surface area (Å²) in [6.07, 6.45) is 6.20. The topological polar surface area (TPSA) is 21.3 Å². The molecule has 2 rings (SSSR count). The Labute approximate surface area is 114 Å². The molecule has 1 aliphatic rings. The van der Waals surface area contributed by atoms with E-state index in [-0.39, 0.29) is 0 Å². The van der Waals surface area contributed by atoms with Crippen molar-refractivity contribution in [2.45, 2.75) is 43.2 Å². The maximum absolute atomic E-state index is 5.63. The summed E-state index contributed by atoms with van der Waals surface area (Å²) in [5, 5.41) is 3.58. The van der Waals surface area contributed by atoms with E-state index in [1.54, 1.807) is 11.8 Å². The Morgan fingerprint density at radius 2 is 2.17 bits per heavy atom. The fraction of sp³-hybridized carbons (Fsp3) is 0.600. The Balaban J connectivity index is 1.74. The number of benzene rings is 1. The summed E-state index contributed by atoms with van der Waals surface area (Å²) in [5.74, 6) is 0. The highest BCUT2D eigenvalue weighted by molar-refractivity contribution is 7.98. The van der Waals surface area contributed by atoms with Crippen molar-refractivity contribution < 1.29 is 4.74 Å². The van der Waals surface area contributed by atoms with Crippen molar-refractivity contribution in [2.75, 3.05) is 19.4 Å². The zero-order chi connectivity index (χ0) is 12.8. The highest BCUT2D eigenvalue weighted by Gasteiger charge is 2.15.